The van der Waals surface area contributed by atoms with Crippen molar-refractivity contribution in [1.29, 1.82) is 0 Å². The molecule has 0 aliphatic rings. The van der Waals surface area contributed by atoms with Gasteiger partial charge in [0, 0.05) is 0 Å². The molecule has 0 aromatic heterocycles. The highest BCUT2D eigenvalue weighted by Gasteiger charge is 2.01. The summed E-state index contributed by atoms with van der Waals surface area (Å²) in [7, 11) is 0. The highest BCUT2D eigenvalue weighted by atomic mass is 16.5. The molecule has 0 fully saturated rings. The van der Waals surface area contributed by atoms with Gasteiger partial charge in [0.1, 0.15) is 24.7 Å². The largest absolute Gasteiger partial charge is 0.491 e. The predicted molar refractivity (Wildman–Crippen MR) is 99.3 cm³/mol. The lowest BCUT2D eigenvalue weighted by atomic mass is 10.0. The summed E-state index contributed by atoms with van der Waals surface area (Å²) in [5.41, 5.74) is 2.56. The van der Waals surface area contributed by atoms with Crippen LogP contribution in [0.1, 0.15) is 31.4 Å². The Balaban J connectivity index is 1.73. The van der Waals surface area contributed by atoms with Crippen LogP contribution in [0.5, 0.6) is 11.5 Å². The van der Waals surface area contributed by atoms with Crippen molar-refractivity contribution in [2.75, 3.05) is 13.2 Å². The number of rotatable bonds is 10. The quantitative estimate of drug-likeness (QED) is 0.694. The van der Waals surface area contributed by atoms with E-state index in [9.17, 15) is 10.2 Å². The van der Waals surface area contributed by atoms with Crippen molar-refractivity contribution in [2.45, 2.75) is 45.3 Å². The second-order valence-electron chi connectivity index (χ2n) is 6.46. The van der Waals surface area contributed by atoms with Gasteiger partial charge < -0.3 is 19.7 Å². The third-order valence-corrected chi connectivity index (χ3v) is 3.76. The third kappa shape index (κ3) is 7.59. The molecule has 0 aliphatic heterocycles. The fourth-order valence-corrected chi connectivity index (χ4v) is 2.43. The Hall–Kier alpha value is -2.04. The van der Waals surface area contributed by atoms with E-state index in [4.69, 9.17) is 9.47 Å². The highest BCUT2D eigenvalue weighted by Crippen LogP contribution is 2.17. The number of hydrogen-bond acceptors (Lipinski definition) is 4. The molecular formula is C21H28O4. The number of aryl methyl sites for hydroxylation is 2. The van der Waals surface area contributed by atoms with E-state index in [1.165, 1.54) is 11.1 Å². The molecule has 0 saturated heterocycles. The van der Waals surface area contributed by atoms with Crippen molar-refractivity contribution in [2.24, 2.45) is 0 Å². The van der Waals surface area contributed by atoms with Crippen molar-refractivity contribution in [3.8, 4) is 11.5 Å². The molecule has 4 nitrogen and oxygen atoms in total. The zero-order valence-corrected chi connectivity index (χ0v) is 15.0. The first-order valence-corrected chi connectivity index (χ1v) is 8.82. The Labute approximate surface area is 150 Å². The Morgan fingerprint density at radius 3 is 1.36 bits per heavy atom. The standard InChI is InChI=1S/C21H28O4/c1-16(22)14-24-20-10-6-18(7-11-20)4-3-5-19-8-12-21(13-9-19)25-15-17(2)23/h6-13,16-17,22-23H,3-5,14-15H2,1-2H3. The monoisotopic (exact) mass is 344 g/mol. The Kier molecular flexibility index (Phi) is 7.76. The second kappa shape index (κ2) is 10.1. The summed E-state index contributed by atoms with van der Waals surface area (Å²) in [6, 6.07) is 16.1. The minimum absolute atomic E-state index is 0.316. The first-order valence-electron chi connectivity index (χ1n) is 8.82. The number of ether oxygens (including phenoxy) is 2. The molecule has 2 atom stereocenters. The molecule has 2 aromatic carbocycles. The summed E-state index contributed by atoms with van der Waals surface area (Å²) < 4.78 is 10.9. The van der Waals surface area contributed by atoms with Gasteiger partial charge in [0.05, 0.1) is 12.2 Å². The molecule has 25 heavy (non-hydrogen) atoms. The van der Waals surface area contributed by atoms with Crippen molar-refractivity contribution in [1.82, 2.24) is 0 Å². The van der Waals surface area contributed by atoms with Gasteiger partial charge in [0.2, 0.25) is 0 Å². The van der Waals surface area contributed by atoms with Crippen molar-refractivity contribution >= 4 is 0 Å². The first-order chi connectivity index (χ1) is 12.0. The van der Waals surface area contributed by atoms with Crippen LogP contribution in [0, 0.1) is 0 Å². The number of aliphatic hydroxyl groups excluding tert-OH is 2. The number of aliphatic hydroxyl groups is 2. The van der Waals surface area contributed by atoms with E-state index in [1.54, 1.807) is 13.8 Å². The minimum atomic E-state index is -0.455. The number of benzene rings is 2. The van der Waals surface area contributed by atoms with E-state index in [0.29, 0.717) is 13.2 Å². The van der Waals surface area contributed by atoms with Gasteiger partial charge in [0.25, 0.3) is 0 Å². The second-order valence-corrected chi connectivity index (χ2v) is 6.46. The summed E-state index contributed by atoms with van der Waals surface area (Å²) >= 11 is 0. The van der Waals surface area contributed by atoms with Crippen LogP contribution in [0.15, 0.2) is 48.5 Å². The Bertz CT molecular complexity index is 547. The molecule has 0 amide bonds. The summed E-state index contributed by atoms with van der Waals surface area (Å²) in [6.45, 7) is 4.05. The summed E-state index contributed by atoms with van der Waals surface area (Å²) in [5.74, 6) is 1.58. The molecule has 0 saturated carbocycles. The van der Waals surface area contributed by atoms with Gasteiger partial charge in [-0.3, -0.25) is 0 Å². The van der Waals surface area contributed by atoms with E-state index in [0.717, 1.165) is 30.8 Å². The minimum Gasteiger partial charge on any atom is -0.491 e. The lowest BCUT2D eigenvalue weighted by Gasteiger charge is -2.09. The highest BCUT2D eigenvalue weighted by molar-refractivity contribution is 5.29. The van der Waals surface area contributed by atoms with Gasteiger partial charge in [-0.2, -0.15) is 0 Å². The first kappa shape index (κ1) is 19.3. The molecule has 4 heteroatoms. The molecule has 0 aliphatic carbocycles. The number of hydrogen-bond donors (Lipinski definition) is 2. The molecular weight excluding hydrogens is 316 g/mol. The molecule has 2 unspecified atom stereocenters. The maximum absolute atomic E-state index is 9.22. The molecule has 0 heterocycles. The molecule has 2 aromatic rings. The predicted octanol–water partition coefficient (Wildman–Crippen LogP) is 3.38. The molecule has 0 radical (unpaired) electrons. The fourth-order valence-electron chi connectivity index (χ4n) is 2.43. The van der Waals surface area contributed by atoms with Gasteiger partial charge in [-0.05, 0) is 68.5 Å². The maximum Gasteiger partial charge on any atom is 0.119 e. The Morgan fingerprint density at radius 1 is 0.680 bits per heavy atom. The van der Waals surface area contributed by atoms with E-state index in [-0.39, 0.29) is 0 Å². The van der Waals surface area contributed by atoms with Gasteiger partial charge >= 0.3 is 0 Å². The van der Waals surface area contributed by atoms with Crippen LogP contribution in [-0.4, -0.2) is 35.6 Å². The van der Waals surface area contributed by atoms with E-state index < -0.39 is 12.2 Å². The molecule has 136 valence electrons. The smallest absolute Gasteiger partial charge is 0.119 e. The lowest BCUT2D eigenvalue weighted by molar-refractivity contribution is 0.122. The van der Waals surface area contributed by atoms with Crippen LogP contribution in [0.4, 0.5) is 0 Å². The van der Waals surface area contributed by atoms with E-state index in [2.05, 4.69) is 24.3 Å². The van der Waals surface area contributed by atoms with Gasteiger partial charge in [-0.25, -0.2) is 0 Å². The van der Waals surface area contributed by atoms with Crippen molar-refractivity contribution in [3.63, 3.8) is 0 Å². The average molecular weight is 344 g/mol. The van der Waals surface area contributed by atoms with Crippen LogP contribution in [0.25, 0.3) is 0 Å². The average Bonchev–Trinajstić information content (AvgIpc) is 2.60. The molecule has 2 N–H and O–H groups in total. The van der Waals surface area contributed by atoms with Gasteiger partial charge in [-0.1, -0.05) is 24.3 Å². The van der Waals surface area contributed by atoms with Crippen LogP contribution in [0.2, 0.25) is 0 Å². The van der Waals surface area contributed by atoms with E-state index in [1.807, 2.05) is 24.3 Å². The summed E-state index contributed by atoms with van der Waals surface area (Å²) in [6.07, 6.45) is 2.18. The van der Waals surface area contributed by atoms with Crippen LogP contribution in [-0.2, 0) is 12.8 Å². The SMILES string of the molecule is CC(O)COc1ccc(CCCc2ccc(OCC(C)O)cc2)cc1. The maximum atomic E-state index is 9.22. The normalized spacial score (nSPS) is 13.3. The van der Waals surface area contributed by atoms with Crippen LogP contribution < -0.4 is 9.47 Å². The molecule has 0 spiro atoms. The van der Waals surface area contributed by atoms with Crippen LogP contribution in [0.3, 0.4) is 0 Å². The van der Waals surface area contributed by atoms with Crippen LogP contribution >= 0.6 is 0 Å². The van der Waals surface area contributed by atoms with Gasteiger partial charge in [0.15, 0.2) is 0 Å². The van der Waals surface area contributed by atoms with Crippen molar-refractivity contribution < 1.29 is 19.7 Å². The zero-order valence-electron chi connectivity index (χ0n) is 15.0. The van der Waals surface area contributed by atoms with Crippen molar-refractivity contribution in [3.05, 3.63) is 59.7 Å². The van der Waals surface area contributed by atoms with E-state index >= 15 is 0 Å². The summed E-state index contributed by atoms with van der Waals surface area (Å²) in [5, 5.41) is 18.4. The van der Waals surface area contributed by atoms with Gasteiger partial charge in [-0.15, -0.1) is 0 Å². The fraction of sp³-hybridized carbons (Fsp3) is 0.429. The molecule has 2 rings (SSSR count). The topological polar surface area (TPSA) is 58.9 Å². The lowest BCUT2D eigenvalue weighted by Crippen LogP contribution is -2.12. The Morgan fingerprint density at radius 2 is 1.04 bits per heavy atom. The third-order valence-electron chi connectivity index (χ3n) is 3.76. The zero-order chi connectivity index (χ0) is 18.1. The molecule has 0 bridgehead atoms. The summed E-state index contributed by atoms with van der Waals surface area (Å²) in [4.78, 5) is 0.